The highest BCUT2D eigenvalue weighted by molar-refractivity contribution is 5.94. The Labute approximate surface area is 220 Å². The summed E-state index contributed by atoms with van der Waals surface area (Å²) in [5.41, 5.74) is -4.23. The molecule has 206 valence electrons. The van der Waals surface area contributed by atoms with Gasteiger partial charge in [0, 0.05) is 29.7 Å². The second kappa shape index (κ2) is 7.47. The Hall–Kier alpha value is -2.72. The number of epoxide rings is 1. The molecule has 4 heterocycles. The molecular weight excluding hydrogens is 496 g/mol. The Morgan fingerprint density at radius 1 is 1.05 bits per heavy atom. The van der Waals surface area contributed by atoms with Crippen LogP contribution in [0.2, 0.25) is 0 Å². The molecule has 2 saturated heterocycles. The molecular formula is C28H34O10. The number of aliphatic hydroxyl groups excluding tert-OH is 1. The first kappa shape index (κ1) is 25.6. The van der Waals surface area contributed by atoms with E-state index < -0.39 is 75.9 Å². The number of hydrogen-bond donors (Lipinski definition) is 1. The smallest absolute Gasteiger partial charge is 0.340 e. The second-order valence-corrected chi connectivity index (χ2v) is 12.9. The van der Waals surface area contributed by atoms with Crippen LogP contribution >= 0.6 is 0 Å². The van der Waals surface area contributed by atoms with Crippen LogP contribution in [0.4, 0.5) is 0 Å². The molecule has 4 aliphatic heterocycles. The molecule has 0 bridgehead atoms. The van der Waals surface area contributed by atoms with Crippen molar-refractivity contribution in [2.75, 3.05) is 0 Å². The number of esters is 4. The van der Waals surface area contributed by atoms with Gasteiger partial charge in [0.25, 0.3) is 0 Å². The summed E-state index contributed by atoms with van der Waals surface area (Å²) >= 11 is 0. The molecule has 6 aliphatic rings. The first-order chi connectivity index (χ1) is 17.6. The van der Waals surface area contributed by atoms with Crippen LogP contribution in [0.5, 0.6) is 0 Å². The van der Waals surface area contributed by atoms with Gasteiger partial charge in [-0.25, -0.2) is 14.4 Å². The maximum absolute atomic E-state index is 13.3. The van der Waals surface area contributed by atoms with Gasteiger partial charge in [0.1, 0.15) is 23.4 Å². The zero-order valence-corrected chi connectivity index (χ0v) is 22.4. The molecule has 2 saturated carbocycles. The molecule has 1 unspecified atom stereocenters. The van der Waals surface area contributed by atoms with Gasteiger partial charge in [-0.1, -0.05) is 26.8 Å². The van der Waals surface area contributed by atoms with Gasteiger partial charge in [-0.05, 0) is 50.5 Å². The van der Waals surface area contributed by atoms with E-state index >= 15 is 0 Å². The summed E-state index contributed by atoms with van der Waals surface area (Å²) in [6.45, 7) is 11.2. The number of aliphatic hydroxyl groups is 1. The largest absolute Gasteiger partial charge is 0.462 e. The fraction of sp³-hybridized carbons (Fsp3) is 0.714. The average molecular weight is 531 g/mol. The molecule has 4 fully saturated rings. The maximum Gasteiger partial charge on any atom is 0.340 e. The van der Waals surface area contributed by atoms with Crippen molar-refractivity contribution in [2.24, 2.45) is 28.1 Å². The Kier molecular flexibility index (Phi) is 5.02. The number of carbonyl (C=O) groups is 4. The van der Waals surface area contributed by atoms with Gasteiger partial charge in [-0.15, -0.1) is 0 Å². The van der Waals surface area contributed by atoms with E-state index in [4.69, 9.17) is 23.7 Å². The monoisotopic (exact) mass is 530 g/mol. The number of ether oxygens (including phenoxy) is 5. The van der Waals surface area contributed by atoms with Gasteiger partial charge < -0.3 is 28.8 Å². The summed E-state index contributed by atoms with van der Waals surface area (Å²) in [5.74, 6) is -2.60. The molecule has 10 atom stereocenters. The van der Waals surface area contributed by atoms with Crippen molar-refractivity contribution in [3.05, 3.63) is 23.8 Å². The molecule has 6 rings (SSSR count). The van der Waals surface area contributed by atoms with E-state index in [0.29, 0.717) is 19.3 Å². The van der Waals surface area contributed by atoms with E-state index in [-0.39, 0.29) is 17.4 Å². The van der Waals surface area contributed by atoms with Crippen molar-refractivity contribution < 1.29 is 48.0 Å². The van der Waals surface area contributed by atoms with Crippen LogP contribution in [-0.2, 0) is 42.9 Å². The zero-order valence-electron chi connectivity index (χ0n) is 22.4. The molecule has 0 amide bonds. The van der Waals surface area contributed by atoms with E-state index in [9.17, 15) is 24.3 Å². The van der Waals surface area contributed by atoms with E-state index in [1.54, 1.807) is 0 Å². The van der Waals surface area contributed by atoms with Crippen molar-refractivity contribution >= 4 is 23.9 Å². The van der Waals surface area contributed by atoms with Gasteiger partial charge in [-0.3, -0.25) is 4.79 Å². The van der Waals surface area contributed by atoms with Gasteiger partial charge in [0.05, 0.1) is 5.57 Å². The molecule has 38 heavy (non-hydrogen) atoms. The molecule has 10 heteroatoms. The Balaban J connectivity index is 1.54. The number of rotatable bonds is 2. The summed E-state index contributed by atoms with van der Waals surface area (Å²) in [4.78, 5) is 51.0. The maximum atomic E-state index is 13.3. The van der Waals surface area contributed by atoms with Crippen molar-refractivity contribution in [1.82, 2.24) is 0 Å². The average Bonchev–Trinajstić information content (AvgIpc) is 3.51. The summed E-state index contributed by atoms with van der Waals surface area (Å²) < 4.78 is 29.1. The van der Waals surface area contributed by atoms with E-state index in [0.717, 1.165) is 0 Å². The minimum Gasteiger partial charge on any atom is -0.462 e. The number of fused-ring (bicyclic) bond motifs is 3. The molecule has 0 radical (unpaired) electrons. The van der Waals surface area contributed by atoms with Crippen LogP contribution in [0.1, 0.15) is 60.8 Å². The van der Waals surface area contributed by atoms with Crippen molar-refractivity contribution in [1.29, 1.82) is 0 Å². The minimum atomic E-state index is -1.42. The molecule has 2 aliphatic carbocycles. The first-order valence-corrected chi connectivity index (χ1v) is 13.2. The SMILES string of the molecule is CC(=O)O[C@H]1C[C@H]2C(C)(C)OC(=O)C=C[C@]2(C)[C@H]2CC[C@@]3(C)[C@H](C4=CC(O)OC4=O)OC(=O)[C@H]4O[C@]43[C@]12C. The lowest BCUT2D eigenvalue weighted by atomic mass is 9.37. The lowest BCUT2D eigenvalue weighted by molar-refractivity contribution is -0.253. The van der Waals surface area contributed by atoms with Crippen LogP contribution in [0.15, 0.2) is 23.8 Å². The topological polar surface area (TPSA) is 138 Å². The normalized spacial score (nSPS) is 50.1. The summed E-state index contributed by atoms with van der Waals surface area (Å²) in [5, 5.41) is 9.97. The molecule has 0 aromatic heterocycles. The third kappa shape index (κ3) is 2.90. The standard InChI is InChI=1S/C28H34O10/c1-13(29)34-17-12-16-24(2,3)37-18(30)8-9-25(16,4)15-7-10-26(5)20(14-11-19(31)35-22(14)32)36-23(33)21-28(26,38-21)27(15,17)6/h8-9,11,15-17,19-21,31H,7,10,12H2,1-6H3/t15-,16+,17+,19?,20+,21-,25-,26+,27+,28-/m1/s1. The lowest BCUT2D eigenvalue weighted by Crippen LogP contribution is -2.73. The Bertz CT molecular complexity index is 1220. The van der Waals surface area contributed by atoms with Crippen LogP contribution in [0.3, 0.4) is 0 Å². The summed E-state index contributed by atoms with van der Waals surface area (Å²) in [6.07, 6.45) is 2.18. The fourth-order valence-electron chi connectivity index (χ4n) is 9.31. The van der Waals surface area contributed by atoms with Gasteiger partial charge in [0.2, 0.25) is 6.29 Å². The highest BCUT2D eigenvalue weighted by Crippen LogP contribution is 2.78. The quantitative estimate of drug-likeness (QED) is 0.321. The zero-order chi connectivity index (χ0) is 27.6. The Morgan fingerprint density at radius 2 is 1.76 bits per heavy atom. The van der Waals surface area contributed by atoms with Crippen LogP contribution in [-0.4, -0.2) is 64.8 Å². The number of cyclic esters (lactones) is 3. The highest BCUT2D eigenvalue weighted by Gasteiger charge is 2.88. The van der Waals surface area contributed by atoms with Crippen LogP contribution < -0.4 is 0 Å². The summed E-state index contributed by atoms with van der Waals surface area (Å²) in [7, 11) is 0. The van der Waals surface area contributed by atoms with E-state index in [2.05, 4.69) is 6.92 Å². The highest BCUT2D eigenvalue weighted by atomic mass is 16.7. The molecule has 1 spiro atoms. The van der Waals surface area contributed by atoms with Crippen molar-refractivity contribution in [3.63, 3.8) is 0 Å². The molecule has 0 aromatic rings. The van der Waals surface area contributed by atoms with Crippen LogP contribution in [0, 0.1) is 28.1 Å². The fourth-order valence-corrected chi connectivity index (χ4v) is 9.31. The van der Waals surface area contributed by atoms with Crippen LogP contribution in [0.25, 0.3) is 0 Å². The molecule has 10 nitrogen and oxygen atoms in total. The third-order valence-corrected chi connectivity index (χ3v) is 10.7. The number of hydrogen-bond acceptors (Lipinski definition) is 10. The van der Waals surface area contributed by atoms with E-state index in [1.165, 1.54) is 19.1 Å². The molecule has 1 N–H and O–H groups in total. The lowest BCUT2D eigenvalue weighted by Gasteiger charge is -2.67. The minimum absolute atomic E-state index is 0.0853. The Morgan fingerprint density at radius 3 is 2.39 bits per heavy atom. The second-order valence-electron chi connectivity index (χ2n) is 12.9. The predicted octanol–water partition coefficient (Wildman–Crippen LogP) is 2.12. The van der Waals surface area contributed by atoms with Crippen molar-refractivity contribution in [2.45, 2.75) is 96.6 Å². The third-order valence-electron chi connectivity index (χ3n) is 10.7. The first-order valence-electron chi connectivity index (χ1n) is 13.2. The number of allylic oxidation sites excluding steroid dienone is 1. The van der Waals surface area contributed by atoms with Gasteiger partial charge >= 0.3 is 23.9 Å². The van der Waals surface area contributed by atoms with Gasteiger partial charge in [-0.2, -0.15) is 0 Å². The van der Waals surface area contributed by atoms with Crippen molar-refractivity contribution in [3.8, 4) is 0 Å². The molecule has 0 aromatic carbocycles. The van der Waals surface area contributed by atoms with E-state index in [1.807, 2.05) is 33.8 Å². The number of carbonyl (C=O) groups excluding carboxylic acids is 4. The predicted molar refractivity (Wildman–Crippen MR) is 128 cm³/mol. The summed E-state index contributed by atoms with van der Waals surface area (Å²) in [6, 6.07) is 0. The van der Waals surface area contributed by atoms with Gasteiger partial charge in [0.15, 0.2) is 6.10 Å².